The number of alkyl halides is 3. The van der Waals surface area contributed by atoms with Gasteiger partial charge in [0.1, 0.15) is 12.4 Å². The Kier molecular flexibility index (Phi) is 5.59. The zero-order valence-electron chi connectivity index (χ0n) is 18.2. The van der Waals surface area contributed by atoms with Gasteiger partial charge in [-0.15, -0.1) is 0 Å². The molecule has 0 radical (unpaired) electrons. The van der Waals surface area contributed by atoms with Gasteiger partial charge in [-0.2, -0.15) is 13.2 Å². The van der Waals surface area contributed by atoms with Gasteiger partial charge in [-0.3, -0.25) is 4.79 Å². The summed E-state index contributed by atoms with van der Waals surface area (Å²) in [5.41, 5.74) is 2.34. The average Bonchev–Trinajstić information content (AvgIpc) is 3.49. The van der Waals surface area contributed by atoms with Crippen molar-refractivity contribution in [3.63, 3.8) is 0 Å². The van der Waals surface area contributed by atoms with Crippen LogP contribution in [-0.2, 0) is 24.0 Å². The molecular weight excluding hydrogens is 431 g/mol. The SMILES string of the molecule is O=C(O)CC1CCc2cc3ccc(OCc4ccc(C5CCCC5)c(C(F)(F)F)c4)cc3n21. The molecule has 1 aromatic heterocycles. The maximum Gasteiger partial charge on any atom is 0.416 e. The zero-order chi connectivity index (χ0) is 23.2. The molecule has 33 heavy (non-hydrogen) atoms. The van der Waals surface area contributed by atoms with E-state index in [1.165, 1.54) is 6.07 Å². The topological polar surface area (TPSA) is 51.5 Å². The first-order valence-corrected chi connectivity index (χ1v) is 11.5. The number of carboxylic acid groups (broad SMARTS) is 1. The number of carboxylic acids is 1. The van der Waals surface area contributed by atoms with E-state index in [0.29, 0.717) is 16.9 Å². The van der Waals surface area contributed by atoms with Crippen LogP contribution in [0.3, 0.4) is 0 Å². The highest BCUT2D eigenvalue weighted by Gasteiger charge is 2.36. The largest absolute Gasteiger partial charge is 0.489 e. The number of aromatic nitrogens is 1. The molecule has 2 heterocycles. The van der Waals surface area contributed by atoms with E-state index in [0.717, 1.165) is 55.1 Å². The number of fused-ring (bicyclic) bond motifs is 3. The van der Waals surface area contributed by atoms with Gasteiger partial charge in [0.25, 0.3) is 0 Å². The summed E-state index contributed by atoms with van der Waals surface area (Å²) in [4.78, 5) is 11.2. The number of halogens is 3. The monoisotopic (exact) mass is 457 g/mol. The highest BCUT2D eigenvalue weighted by atomic mass is 19.4. The van der Waals surface area contributed by atoms with Crippen molar-refractivity contribution in [3.05, 3.63) is 64.8 Å². The minimum Gasteiger partial charge on any atom is -0.489 e. The molecule has 174 valence electrons. The van der Waals surface area contributed by atoms with Crippen LogP contribution in [-0.4, -0.2) is 15.6 Å². The summed E-state index contributed by atoms with van der Waals surface area (Å²) in [6.45, 7) is 0.0334. The van der Waals surface area contributed by atoms with E-state index in [-0.39, 0.29) is 25.0 Å². The van der Waals surface area contributed by atoms with Gasteiger partial charge in [0, 0.05) is 23.2 Å². The summed E-state index contributed by atoms with van der Waals surface area (Å²) in [7, 11) is 0. The third-order valence-electron chi connectivity index (χ3n) is 7.03. The fourth-order valence-corrected chi connectivity index (χ4v) is 5.51. The number of aryl methyl sites for hydroxylation is 1. The van der Waals surface area contributed by atoms with Crippen molar-refractivity contribution in [2.24, 2.45) is 0 Å². The second-order valence-corrected chi connectivity index (χ2v) is 9.21. The predicted molar refractivity (Wildman–Crippen MR) is 119 cm³/mol. The first-order chi connectivity index (χ1) is 15.8. The lowest BCUT2D eigenvalue weighted by atomic mass is 9.91. The molecule has 1 unspecified atom stereocenters. The van der Waals surface area contributed by atoms with Gasteiger partial charge < -0.3 is 14.4 Å². The Morgan fingerprint density at radius 3 is 2.58 bits per heavy atom. The van der Waals surface area contributed by atoms with E-state index in [1.54, 1.807) is 12.1 Å². The van der Waals surface area contributed by atoms with Crippen LogP contribution >= 0.6 is 0 Å². The van der Waals surface area contributed by atoms with Crippen LogP contribution in [0.1, 0.15) is 72.9 Å². The van der Waals surface area contributed by atoms with Crippen LogP contribution in [0, 0.1) is 0 Å². The number of hydrogen-bond acceptors (Lipinski definition) is 2. The molecule has 7 heteroatoms. The van der Waals surface area contributed by atoms with Crippen LogP contribution in [0.4, 0.5) is 13.2 Å². The number of benzene rings is 2. The minimum atomic E-state index is -4.39. The minimum absolute atomic E-state index is 0.0193. The molecule has 0 spiro atoms. The fourth-order valence-electron chi connectivity index (χ4n) is 5.51. The predicted octanol–water partition coefficient (Wildman–Crippen LogP) is 6.86. The maximum absolute atomic E-state index is 13.8. The summed E-state index contributed by atoms with van der Waals surface area (Å²) < 4.78 is 49.2. The van der Waals surface area contributed by atoms with Crippen molar-refractivity contribution in [1.29, 1.82) is 0 Å². The van der Waals surface area contributed by atoms with Crippen LogP contribution in [0.5, 0.6) is 5.75 Å². The quantitative estimate of drug-likeness (QED) is 0.440. The van der Waals surface area contributed by atoms with Gasteiger partial charge in [-0.25, -0.2) is 0 Å². The number of carbonyl (C=O) groups is 1. The molecule has 1 fully saturated rings. The Morgan fingerprint density at radius 2 is 1.85 bits per heavy atom. The van der Waals surface area contributed by atoms with E-state index < -0.39 is 17.7 Å². The molecule has 1 atom stereocenters. The highest BCUT2D eigenvalue weighted by Crippen LogP contribution is 2.42. The molecule has 4 nitrogen and oxygen atoms in total. The summed E-state index contributed by atoms with van der Waals surface area (Å²) in [6, 6.07) is 12.1. The summed E-state index contributed by atoms with van der Waals surface area (Å²) in [6.07, 6.45) is 0.867. The molecule has 1 N–H and O–H groups in total. The van der Waals surface area contributed by atoms with E-state index in [1.807, 2.05) is 18.2 Å². The Balaban J connectivity index is 1.38. The van der Waals surface area contributed by atoms with E-state index in [2.05, 4.69) is 10.6 Å². The summed E-state index contributed by atoms with van der Waals surface area (Å²) >= 11 is 0. The lowest BCUT2D eigenvalue weighted by Gasteiger charge is -2.19. The molecule has 2 aliphatic rings. The van der Waals surface area contributed by atoms with Gasteiger partial charge >= 0.3 is 12.1 Å². The Morgan fingerprint density at radius 1 is 1.06 bits per heavy atom. The second-order valence-electron chi connectivity index (χ2n) is 9.21. The van der Waals surface area contributed by atoms with Gasteiger partial charge in [-0.05, 0) is 67.0 Å². The molecule has 0 amide bonds. The summed E-state index contributed by atoms with van der Waals surface area (Å²) in [5.74, 6) is -0.296. The molecular formula is C26H26F3NO3. The van der Waals surface area contributed by atoms with Crippen molar-refractivity contribution in [1.82, 2.24) is 4.57 Å². The molecule has 1 aliphatic heterocycles. The lowest BCUT2D eigenvalue weighted by Crippen LogP contribution is -2.12. The molecule has 0 saturated heterocycles. The third kappa shape index (κ3) is 4.33. The Bertz CT molecular complexity index is 1190. The highest BCUT2D eigenvalue weighted by molar-refractivity contribution is 5.83. The van der Waals surface area contributed by atoms with E-state index >= 15 is 0 Å². The third-order valence-corrected chi connectivity index (χ3v) is 7.03. The summed E-state index contributed by atoms with van der Waals surface area (Å²) in [5, 5.41) is 10.2. The standard InChI is InChI=1S/C26H26F3NO3/c27-26(28,29)23-11-16(5-10-22(23)17-3-1-2-4-17)15-33-21-9-6-18-12-19-7-8-20(13-25(31)32)30(19)24(18)14-21/h5-6,9-12,14,17,20H,1-4,7-8,13,15H2,(H,31,32). The second kappa shape index (κ2) is 8.43. The van der Waals surface area contributed by atoms with Crippen LogP contribution < -0.4 is 4.74 Å². The van der Waals surface area contributed by atoms with Crippen molar-refractivity contribution >= 4 is 16.9 Å². The molecule has 1 saturated carbocycles. The zero-order valence-corrected chi connectivity index (χ0v) is 18.2. The number of hydrogen-bond donors (Lipinski definition) is 1. The molecule has 5 rings (SSSR count). The molecule has 1 aliphatic carbocycles. The van der Waals surface area contributed by atoms with Crippen LogP contribution in [0.2, 0.25) is 0 Å². The van der Waals surface area contributed by atoms with Gasteiger partial charge in [0.15, 0.2) is 0 Å². The van der Waals surface area contributed by atoms with Crippen LogP contribution in [0.15, 0.2) is 42.5 Å². The molecule has 2 aromatic carbocycles. The van der Waals surface area contributed by atoms with Gasteiger partial charge in [0.2, 0.25) is 0 Å². The molecule has 0 bridgehead atoms. The number of rotatable bonds is 6. The van der Waals surface area contributed by atoms with Crippen molar-refractivity contribution in [2.75, 3.05) is 0 Å². The lowest BCUT2D eigenvalue weighted by molar-refractivity contribution is -0.139. The van der Waals surface area contributed by atoms with E-state index in [9.17, 15) is 23.1 Å². The number of nitrogens with zero attached hydrogens (tertiary/aromatic N) is 1. The van der Waals surface area contributed by atoms with Crippen molar-refractivity contribution < 1.29 is 27.8 Å². The van der Waals surface area contributed by atoms with Gasteiger partial charge in [0.05, 0.1) is 17.5 Å². The first-order valence-electron chi connectivity index (χ1n) is 11.5. The first kappa shape index (κ1) is 21.9. The molecule has 3 aromatic rings. The van der Waals surface area contributed by atoms with Crippen molar-refractivity contribution in [3.8, 4) is 5.75 Å². The van der Waals surface area contributed by atoms with Crippen molar-refractivity contribution in [2.45, 2.75) is 69.7 Å². The fraction of sp³-hybridized carbons (Fsp3) is 0.423. The average molecular weight is 457 g/mol. The smallest absolute Gasteiger partial charge is 0.416 e. The Hall–Kier alpha value is -2.96. The maximum atomic E-state index is 13.8. The number of ether oxygens (including phenoxy) is 1. The van der Waals surface area contributed by atoms with Crippen LogP contribution in [0.25, 0.3) is 10.9 Å². The normalized spacial score (nSPS) is 18.7. The van der Waals surface area contributed by atoms with Gasteiger partial charge in [-0.1, -0.05) is 25.0 Å². The number of aliphatic carboxylic acids is 1. The van der Waals surface area contributed by atoms with E-state index in [4.69, 9.17) is 4.74 Å². The Labute approximate surface area is 190 Å².